The topological polar surface area (TPSA) is 120 Å². The number of ether oxygens (including phenoxy) is 2. The summed E-state index contributed by atoms with van der Waals surface area (Å²) in [7, 11) is -5.18. The molecule has 0 aromatic carbocycles. The number of hydrogen-bond donors (Lipinski definition) is 1. The van der Waals surface area contributed by atoms with Gasteiger partial charge in [0.1, 0.15) is 17.1 Å². The lowest BCUT2D eigenvalue weighted by Gasteiger charge is -2.20. The van der Waals surface area contributed by atoms with Gasteiger partial charge in [0, 0.05) is 0 Å². The molecular formula is C14H13F6NO7S. The van der Waals surface area contributed by atoms with Crippen LogP contribution in [0.4, 0.5) is 26.3 Å². The van der Waals surface area contributed by atoms with Crippen LogP contribution >= 0.6 is 0 Å². The summed E-state index contributed by atoms with van der Waals surface area (Å²) in [5, 5.41) is 0. The van der Waals surface area contributed by atoms with Crippen LogP contribution in [0.5, 0.6) is 0 Å². The van der Waals surface area contributed by atoms with Gasteiger partial charge in [0.15, 0.2) is 6.10 Å². The predicted octanol–water partition coefficient (Wildman–Crippen LogP) is 2.55. The van der Waals surface area contributed by atoms with Gasteiger partial charge in [-0.05, 0) is 18.6 Å². The van der Waals surface area contributed by atoms with Crippen LogP contribution in [-0.2, 0) is 19.6 Å². The van der Waals surface area contributed by atoms with E-state index in [9.17, 15) is 44.3 Å². The Kier molecular flexibility index (Phi) is 7.59. The van der Waals surface area contributed by atoms with Gasteiger partial charge >= 0.3 is 24.3 Å². The third-order valence-electron chi connectivity index (χ3n) is 3.13. The first-order chi connectivity index (χ1) is 13.0. The Labute approximate surface area is 159 Å². The molecule has 1 rings (SSSR count). The summed E-state index contributed by atoms with van der Waals surface area (Å²) in [6, 6.07) is 2.50. The summed E-state index contributed by atoms with van der Waals surface area (Å²) in [4.78, 5) is 26.9. The number of carbonyl (C=O) groups is 2. The Bertz CT molecular complexity index is 853. The summed E-state index contributed by atoms with van der Waals surface area (Å²) in [6.07, 6.45) is -16.6. The fourth-order valence-electron chi connectivity index (χ4n) is 1.81. The third kappa shape index (κ3) is 7.84. The minimum Gasteiger partial charge on any atom is -0.448 e. The lowest BCUT2D eigenvalue weighted by molar-refractivity contribution is -0.204. The molecule has 0 fully saturated rings. The van der Waals surface area contributed by atoms with Crippen molar-refractivity contribution in [2.24, 2.45) is 0 Å². The van der Waals surface area contributed by atoms with Crippen molar-refractivity contribution in [2.45, 2.75) is 37.9 Å². The molecule has 1 aromatic rings. The summed E-state index contributed by atoms with van der Waals surface area (Å²) in [5.74, 6) is -5.43. The van der Waals surface area contributed by atoms with Gasteiger partial charge in [0.25, 0.3) is 10.1 Å². The highest BCUT2D eigenvalue weighted by molar-refractivity contribution is 7.85. The summed E-state index contributed by atoms with van der Waals surface area (Å²) in [5.41, 5.74) is -1.77. The summed E-state index contributed by atoms with van der Waals surface area (Å²) < 4.78 is 114. The molecule has 0 radical (unpaired) electrons. The van der Waals surface area contributed by atoms with Crippen LogP contribution in [0.2, 0.25) is 0 Å². The van der Waals surface area contributed by atoms with Crippen LogP contribution in [0.3, 0.4) is 0 Å². The molecule has 164 valence electrons. The predicted molar refractivity (Wildman–Crippen MR) is 81.5 cm³/mol. The molecule has 0 aliphatic rings. The quantitative estimate of drug-likeness (QED) is 0.380. The van der Waals surface area contributed by atoms with Crippen molar-refractivity contribution in [1.29, 1.82) is 0 Å². The maximum atomic E-state index is 12.8. The molecule has 1 heterocycles. The first-order valence-electron chi connectivity index (χ1n) is 7.52. The van der Waals surface area contributed by atoms with E-state index in [1.165, 1.54) is 0 Å². The maximum absolute atomic E-state index is 12.8. The summed E-state index contributed by atoms with van der Waals surface area (Å²) >= 11 is 0. The van der Waals surface area contributed by atoms with E-state index in [0.29, 0.717) is 0 Å². The number of halogens is 6. The van der Waals surface area contributed by atoms with Crippen LogP contribution in [0.1, 0.15) is 34.3 Å². The Hall–Kier alpha value is -2.42. The van der Waals surface area contributed by atoms with Crippen molar-refractivity contribution in [3.8, 4) is 0 Å². The second kappa shape index (κ2) is 8.94. The Morgan fingerprint density at radius 3 is 1.76 bits per heavy atom. The molecule has 0 bridgehead atoms. The van der Waals surface area contributed by atoms with E-state index in [-0.39, 0.29) is 0 Å². The second-order valence-electron chi connectivity index (χ2n) is 5.44. The molecule has 1 N–H and O–H groups in total. The Morgan fingerprint density at radius 1 is 1.00 bits per heavy atom. The number of carbonyl (C=O) groups excluding carboxylic acids is 2. The number of rotatable bonds is 7. The number of nitrogens with zero attached hydrogens (tertiary/aromatic N) is 1. The highest BCUT2D eigenvalue weighted by atomic mass is 32.2. The van der Waals surface area contributed by atoms with Gasteiger partial charge in [-0.2, -0.15) is 34.8 Å². The normalized spacial score (nSPS) is 14.8. The number of hydrogen-bond acceptors (Lipinski definition) is 7. The van der Waals surface area contributed by atoms with Crippen molar-refractivity contribution < 1.29 is 58.4 Å². The number of aromatic nitrogens is 1. The fourth-order valence-corrected chi connectivity index (χ4v) is 2.45. The first kappa shape index (κ1) is 24.6. The first-order valence-corrected chi connectivity index (χ1v) is 9.13. The fraction of sp³-hybridized carbons (Fsp3) is 0.500. The molecule has 1 aromatic heterocycles. The molecule has 0 aliphatic carbocycles. The molecular weight excluding hydrogens is 440 g/mol. The van der Waals surface area contributed by atoms with E-state index < -0.39 is 70.2 Å². The Morgan fingerprint density at radius 2 is 1.41 bits per heavy atom. The lowest BCUT2D eigenvalue weighted by atomic mass is 10.2. The molecule has 29 heavy (non-hydrogen) atoms. The highest BCUT2D eigenvalue weighted by Gasteiger charge is 2.46. The number of esters is 2. The largest absolute Gasteiger partial charge is 0.448 e. The van der Waals surface area contributed by atoms with E-state index in [2.05, 4.69) is 14.5 Å². The van der Waals surface area contributed by atoms with Gasteiger partial charge in [-0.15, -0.1) is 0 Å². The standard InChI is InChI=1S/C14H13F6NO7S/c1-2-9(13(15,16)17)27-11(22)7-4-3-5-8(21-7)12(23)28-10(14(18,19)20)6-29(24,25)26/h3-5,9-10H,2,6H2,1H3,(H,24,25,26). The van der Waals surface area contributed by atoms with Gasteiger partial charge in [0.2, 0.25) is 6.10 Å². The van der Waals surface area contributed by atoms with Crippen molar-refractivity contribution in [3.63, 3.8) is 0 Å². The molecule has 0 aliphatic heterocycles. The van der Waals surface area contributed by atoms with E-state index in [1.807, 2.05) is 0 Å². The molecule has 0 saturated carbocycles. The number of pyridine rings is 1. The van der Waals surface area contributed by atoms with Crippen molar-refractivity contribution >= 4 is 22.1 Å². The van der Waals surface area contributed by atoms with Gasteiger partial charge in [0.05, 0.1) is 0 Å². The van der Waals surface area contributed by atoms with Crippen LogP contribution in [-0.4, -0.2) is 60.2 Å². The zero-order valence-electron chi connectivity index (χ0n) is 14.3. The molecule has 2 unspecified atom stereocenters. The summed E-state index contributed by atoms with van der Waals surface area (Å²) in [6.45, 7) is 1.08. The molecule has 2 atom stereocenters. The van der Waals surface area contributed by atoms with E-state index in [0.717, 1.165) is 25.1 Å². The van der Waals surface area contributed by atoms with E-state index >= 15 is 0 Å². The lowest BCUT2D eigenvalue weighted by Crippen LogP contribution is -2.39. The molecule has 0 amide bonds. The molecule has 0 saturated heterocycles. The van der Waals surface area contributed by atoms with Crippen molar-refractivity contribution in [2.75, 3.05) is 5.75 Å². The van der Waals surface area contributed by atoms with Gasteiger partial charge in [-0.3, -0.25) is 4.55 Å². The smallest absolute Gasteiger partial charge is 0.426 e. The Balaban J connectivity index is 3.03. The minimum absolute atomic E-state index is 0.625. The van der Waals surface area contributed by atoms with E-state index in [1.54, 1.807) is 0 Å². The molecule has 0 spiro atoms. The molecule has 8 nitrogen and oxygen atoms in total. The highest BCUT2D eigenvalue weighted by Crippen LogP contribution is 2.26. The van der Waals surface area contributed by atoms with Crippen LogP contribution in [0.15, 0.2) is 18.2 Å². The van der Waals surface area contributed by atoms with Gasteiger partial charge < -0.3 is 9.47 Å². The van der Waals surface area contributed by atoms with Gasteiger partial charge in [-0.25, -0.2) is 14.6 Å². The van der Waals surface area contributed by atoms with Crippen LogP contribution < -0.4 is 0 Å². The monoisotopic (exact) mass is 453 g/mol. The zero-order chi connectivity index (χ0) is 22.6. The zero-order valence-corrected chi connectivity index (χ0v) is 15.1. The SMILES string of the molecule is CCC(OC(=O)c1cccc(C(=O)OC(CS(=O)(=O)O)C(F)(F)F)n1)C(F)(F)F. The average Bonchev–Trinajstić information content (AvgIpc) is 2.55. The van der Waals surface area contributed by atoms with Crippen molar-refractivity contribution in [3.05, 3.63) is 29.6 Å². The van der Waals surface area contributed by atoms with Crippen molar-refractivity contribution in [1.82, 2.24) is 4.98 Å². The maximum Gasteiger partial charge on any atom is 0.426 e. The van der Waals surface area contributed by atoms with E-state index in [4.69, 9.17) is 4.55 Å². The minimum atomic E-state index is -5.37. The second-order valence-corrected chi connectivity index (χ2v) is 6.93. The third-order valence-corrected chi connectivity index (χ3v) is 3.85. The van der Waals surface area contributed by atoms with Gasteiger partial charge in [-0.1, -0.05) is 13.0 Å². The van der Waals surface area contributed by atoms with Crippen LogP contribution in [0.25, 0.3) is 0 Å². The molecule has 15 heteroatoms. The average molecular weight is 453 g/mol. The number of alkyl halides is 6. The van der Waals surface area contributed by atoms with Crippen LogP contribution in [0, 0.1) is 0 Å².